The molecular formula is C24H35N5O2. The van der Waals surface area contributed by atoms with Crippen LogP contribution in [-0.2, 0) is 11.3 Å². The van der Waals surface area contributed by atoms with Crippen LogP contribution in [0, 0.1) is 0 Å². The quantitative estimate of drug-likeness (QED) is 0.501. The fraction of sp³-hybridized carbons (Fsp3) is 0.542. The highest BCUT2D eigenvalue weighted by molar-refractivity contribution is 5.80. The zero-order valence-electron chi connectivity index (χ0n) is 18.6. The van der Waals surface area contributed by atoms with Crippen molar-refractivity contribution in [3.05, 3.63) is 54.0 Å². The molecule has 2 aliphatic rings. The number of hydrogen-bond donors (Lipinski definition) is 2. The lowest BCUT2D eigenvalue weighted by atomic mass is 10.1. The summed E-state index contributed by atoms with van der Waals surface area (Å²) < 4.78 is 11.3. The summed E-state index contributed by atoms with van der Waals surface area (Å²) in [7, 11) is 0. The first kappa shape index (κ1) is 21.7. The number of ether oxygens (including phenoxy) is 1. The van der Waals surface area contributed by atoms with Gasteiger partial charge in [-0.05, 0) is 56.6 Å². The summed E-state index contributed by atoms with van der Waals surface area (Å²) in [5.41, 5.74) is 2.50. The Morgan fingerprint density at radius 3 is 2.58 bits per heavy atom. The number of likely N-dealkylation sites (tertiary alicyclic amines) is 1. The van der Waals surface area contributed by atoms with Gasteiger partial charge in [-0.15, -0.1) is 0 Å². The molecule has 1 aromatic carbocycles. The average Bonchev–Trinajstić information content (AvgIpc) is 3.54. The Kier molecular flexibility index (Phi) is 7.85. The van der Waals surface area contributed by atoms with Gasteiger partial charge in [0.25, 0.3) is 0 Å². The lowest BCUT2D eigenvalue weighted by Crippen LogP contribution is -2.42. The van der Waals surface area contributed by atoms with E-state index in [1.54, 1.807) is 6.26 Å². The average molecular weight is 426 g/mol. The van der Waals surface area contributed by atoms with Gasteiger partial charge in [-0.2, -0.15) is 0 Å². The maximum Gasteiger partial charge on any atom is 0.191 e. The largest absolute Gasteiger partial charge is 0.468 e. The molecule has 7 nitrogen and oxygen atoms in total. The number of para-hydroxylation sites is 1. The van der Waals surface area contributed by atoms with E-state index in [4.69, 9.17) is 14.1 Å². The standard InChI is InChI=1S/C24H35N5O2/c1-2-25-24(27-19-22(23-10-7-15-31-23)28-11-5-6-12-28)26-18-20-8-3-4-9-21(20)29-13-16-30-17-14-29/h3-4,7-10,15,22H,2,5-6,11-14,16-19H2,1H3,(H2,25,26,27). The molecule has 0 amide bonds. The van der Waals surface area contributed by atoms with Gasteiger partial charge < -0.3 is 24.7 Å². The topological polar surface area (TPSA) is 65.3 Å². The van der Waals surface area contributed by atoms with Crippen LogP contribution in [0.15, 0.2) is 52.1 Å². The number of morpholine rings is 1. The van der Waals surface area contributed by atoms with Crippen LogP contribution in [0.1, 0.15) is 37.1 Å². The van der Waals surface area contributed by atoms with Crippen LogP contribution in [-0.4, -0.2) is 63.3 Å². The maximum atomic E-state index is 5.75. The van der Waals surface area contributed by atoms with Crippen molar-refractivity contribution in [2.24, 2.45) is 4.99 Å². The van der Waals surface area contributed by atoms with Crippen molar-refractivity contribution in [2.75, 3.05) is 57.4 Å². The zero-order chi connectivity index (χ0) is 21.3. The first-order valence-corrected chi connectivity index (χ1v) is 11.6. The van der Waals surface area contributed by atoms with Gasteiger partial charge in [0.2, 0.25) is 0 Å². The fourth-order valence-electron chi connectivity index (χ4n) is 4.40. The molecule has 0 saturated carbocycles. The molecule has 0 spiro atoms. The lowest BCUT2D eigenvalue weighted by Gasteiger charge is -2.30. The summed E-state index contributed by atoms with van der Waals surface area (Å²) in [5, 5.41) is 6.96. The van der Waals surface area contributed by atoms with Gasteiger partial charge in [0, 0.05) is 31.9 Å². The normalized spacial score (nSPS) is 18.9. The van der Waals surface area contributed by atoms with E-state index >= 15 is 0 Å². The van der Waals surface area contributed by atoms with Crippen LogP contribution >= 0.6 is 0 Å². The summed E-state index contributed by atoms with van der Waals surface area (Å²) in [6.45, 7) is 10.00. The summed E-state index contributed by atoms with van der Waals surface area (Å²) in [5.74, 6) is 1.86. The van der Waals surface area contributed by atoms with Crippen LogP contribution in [0.4, 0.5) is 5.69 Å². The molecule has 2 aliphatic heterocycles. The van der Waals surface area contributed by atoms with E-state index in [1.165, 1.54) is 24.1 Å². The van der Waals surface area contributed by atoms with E-state index in [0.717, 1.165) is 64.2 Å². The Morgan fingerprint density at radius 1 is 1.03 bits per heavy atom. The number of nitrogens with one attached hydrogen (secondary N) is 2. The summed E-state index contributed by atoms with van der Waals surface area (Å²) in [6, 6.07) is 12.8. The minimum atomic E-state index is 0.224. The first-order chi connectivity index (χ1) is 15.3. The minimum absolute atomic E-state index is 0.224. The number of guanidine groups is 1. The van der Waals surface area contributed by atoms with Gasteiger partial charge in [-0.1, -0.05) is 18.2 Å². The Hall–Kier alpha value is -2.51. The second-order valence-corrected chi connectivity index (χ2v) is 8.08. The third-order valence-electron chi connectivity index (χ3n) is 6.01. The van der Waals surface area contributed by atoms with E-state index in [-0.39, 0.29) is 6.04 Å². The Labute approximate surface area is 185 Å². The number of hydrogen-bond acceptors (Lipinski definition) is 5. The number of rotatable bonds is 8. The van der Waals surface area contributed by atoms with Gasteiger partial charge in [0.05, 0.1) is 32.1 Å². The van der Waals surface area contributed by atoms with Crippen molar-refractivity contribution in [1.29, 1.82) is 0 Å². The second kappa shape index (κ2) is 11.2. The molecule has 0 bridgehead atoms. The molecule has 2 aromatic rings. The first-order valence-electron chi connectivity index (χ1n) is 11.6. The highest BCUT2D eigenvalue weighted by atomic mass is 16.5. The number of nitrogens with zero attached hydrogens (tertiary/aromatic N) is 3. The predicted molar refractivity (Wildman–Crippen MR) is 125 cm³/mol. The van der Waals surface area contributed by atoms with Crippen molar-refractivity contribution >= 4 is 11.6 Å². The van der Waals surface area contributed by atoms with E-state index in [0.29, 0.717) is 6.54 Å². The molecule has 0 aliphatic carbocycles. The van der Waals surface area contributed by atoms with E-state index < -0.39 is 0 Å². The van der Waals surface area contributed by atoms with Gasteiger partial charge in [0.15, 0.2) is 5.96 Å². The minimum Gasteiger partial charge on any atom is -0.468 e. The molecule has 1 unspecified atom stereocenters. The van der Waals surface area contributed by atoms with Gasteiger partial charge >= 0.3 is 0 Å². The molecule has 7 heteroatoms. The number of furan rings is 1. The van der Waals surface area contributed by atoms with Crippen LogP contribution < -0.4 is 15.5 Å². The van der Waals surface area contributed by atoms with Crippen LogP contribution in [0.2, 0.25) is 0 Å². The monoisotopic (exact) mass is 425 g/mol. The molecule has 2 N–H and O–H groups in total. The summed E-state index contributed by atoms with van der Waals surface area (Å²) in [6.07, 6.45) is 4.27. The van der Waals surface area contributed by atoms with Gasteiger partial charge in [0.1, 0.15) is 5.76 Å². The predicted octanol–water partition coefficient (Wildman–Crippen LogP) is 3.01. The third kappa shape index (κ3) is 5.80. The SMILES string of the molecule is CCNC(=NCc1ccccc1N1CCOCC1)NCC(c1ccco1)N1CCCC1. The smallest absolute Gasteiger partial charge is 0.191 e. The molecule has 168 valence electrons. The molecule has 1 aromatic heterocycles. The summed E-state index contributed by atoms with van der Waals surface area (Å²) >= 11 is 0. The third-order valence-corrected chi connectivity index (χ3v) is 6.01. The Bertz CT molecular complexity index is 811. The number of anilines is 1. The maximum absolute atomic E-state index is 5.75. The second-order valence-electron chi connectivity index (χ2n) is 8.08. The molecule has 4 rings (SSSR count). The van der Waals surface area contributed by atoms with Crippen molar-refractivity contribution in [1.82, 2.24) is 15.5 Å². The highest BCUT2D eigenvalue weighted by Crippen LogP contribution is 2.25. The van der Waals surface area contributed by atoms with Crippen molar-refractivity contribution in [3.63, 3.8) is 0 Å². The van der Waals surface area contributed by atoms with E-state index in [1.807, 2.05) is 6.07 Å². The van der Waals surface area contributed by atoms with Crippen LogP contribution in [0.25, 0.3) is 0 Å². The van der Waals surface area contributed by atoms with Gasteiger partial charge in [-0.25, -0.2) is 4.99 Å². The molecule has 2 fully saturated rings. The van der Waals surface area contributed by atoms with E-state index in [2.05, 4.69) is 57.7 Å². The molecule has 0 radical (unpaired) electrons. The van der Waals surface area contributed by atoms with E-state index in [9.17, 15) is 0 Å². The number of aliphatic imine (C=N–C) groups is 1. The lowest BCUT2D eigenvalue weighted by molar-refractivity contribution is 0.122. The molecule has 3 heterocycles. The van der Waals surface area contributed by atoms with Crippen LogP contribution in [0.5, 0.6) is 0 Å². The Balaban J connectivity index is 1.44. The zero-order valence-corrected chi connectivity index (χ0v) is 18.6. The van der Waals surface area contributed by atoms with Crippen molar-refractivity contribution in [2.45, 2.75) is 32.4 Å². The molecule has 1 atom stereocenters. The molecule has 2 saturated heterocycles. The van der Waals surface area contributed by atoms with Crippen molar-refractivity contribution in [3.8, 4) is 0 Å². The van der Waals surface area contributed by atoms with Gasteiger partial charge in [-0.3, -0.25) is 4.90 Å². The summed E-state index contributed by atoms with van der Waals surface area (Å²) in [4.78, 5) is 9.81. The highest BCUT2D eigenvalue weighted by Gasteiger charge is 2.25. The van der Waals surface area contributed by atoms with Crippen LogP contribution in [0.3, 0.4) is 0 Å². The fourth-order valence-corrected chi connectivity index (χ4v) is 4.40. The number of benzene rings is 1. The Morgan fingerprint density at radius 2 is 1.84 bits per heavy atom. The van der Waals surface area contributed by atoms with Crippen molar-refractivity contribution < 1.29 is 9.15 Å². The molecular weight excluding hydrogens is 390 g/mol. The molecule has 31 heavy (non-hydrogen) atoms.